The third kappa shape index (κ3) is 4.56. The Balaban J connectivity index is 2.12. The minimum atomic E-state index is -0.836. The lowest BCUT2D eigenvalue weighted by Crippen LogP contribution is -2.47. The van der Waals surface area contributed by atoms with Crippen molar-refractivity contribution in [1.29, 1.82) is 0 Å². The monoisotopic (exact) mass is 365 g/mol. The molecule has 1 aromatic carbocycles. The van der Waals surface area contributed by atoms with Crippen molar-refractivity contribution in [1.82, 2.24) is 15.1 Å². The van der Waals surface area contributed by atoms with Gasteiger partial charge in [-0.2, -0.15) is 4.68 Å². The summed E-state index contributed by atoms with van der Waals surface area (Å²) in [6, 6.07) is 4.39. The zero-order chi connectivity index (χ0) is 19.3. The molecule has 2 rings (SSSR count). The van der Waals surface area contributed by atoms with Gasteiger partial charge in [0.1, 0.15) is 18.4 Å². The predicted octanol–water partition coefficient (Wildman–Crippen LogP) is 1.35. The first-order valence-electron chi connectivity index (χ1n) is 8.06. The summed E-state index contributed by atoms with van der Waals surface area (Å²) in [4.78, 5) is 35.9. The van der Waals surface area contributed by atoms with E-state index in [0.717, 1.165) is 4.68 Å². The van der Waals surface area contributed by atoms with Crippen LogP contribution in [-0.2, 0) is 20.9 Å². The zero-order valence-corrected chi connectivity index (χ0v) is 14.7. The fourth-order valence-electron chi connectivity index (χ4n) is 2.27. The van der Waals surface area contributed by atoms with E-state index in [0.29, 0.717) is 12.0 Å². The smallest absolute Gasteiger partial charge is 0.437 e. The molecule has 0 saturated carbocycles. The Morgan fingerprint density at radius 1 is 1.35 bits per heavy atom. The van der Waals surface area contributed by atoms with Crippen LogP contribution in [0.1, 0.15) is 20.3 Å². The summed E-state index contributed by atoms with van der Waals surface area (Å²) in [6.07, 6.45) is 0.651. The first-order chi connectivity index (χ1) is 12.3. The molecule has 0 radical (unpaired) electrons. The van der Waals surface area contributed by atoms with Crippen LogP contribution in [0.15, 0.2) is 33.5 Å². The average molecular weight is 365 g/mol. The molecule has 8 nitrogen and oxygen atoms in total. The molecule has 1 amide bonds. The largest absolute Gasteiger partial charge is 0.467 e. The Labute approximate surface area is 148 Å². The Hall–Kier alpha value is -2.97. The molecule has 140 valence electrons. The molecule has 9 heteroatoms. The summed E-state index contributed by atoms with van der Waals surface area (Å²) >= 11 is 0. The number of ether oxygens (including phenoxy) is 1. The van der Waals surface area contributed by atoms with Crippen LogP contribution in [0.4, 0.5) is 4.39 Å². The molecule has 1 aromatic heterocycles. The lowest BCUT2D eigenvalue weighted by Gasteiger charge is -2.21. The number of carbonyl (C=O) groups excluding carboxylic acids is 2. The van der Waals surface area contributed by atoms with Gasteiger partial charge in [0.05, 0.1) is 7.11 Å². The normalized spacial score (nSPS) is 13.1. The first-order valence-corrected chi connectivity index (χ1v) is 8.06. The second-order valence-corrected chi connectivity index (χ2v) is 5.79. The van der Waals surface area contributed by atoms with E-state index in [-0.39, 0.29) is 11.8 Å². The van der Waals surface area contributed by atoms with E-state index in [1.54, 1.807) is 6.92 Å². The zero-order valence-electron chi connectivity index (χ0n) is 14.7. The molecule has 26 heavy (non-hydrogen) atoms. The third-order valence-corrected chi connectivity index (χ3v) is 3.98. The highest BCUT2D eigenvalue weighted by molar-refractivity contribution is 5.84. The quantitative estimate of drug-likeness (QED) is 0.743. The summed E-state index contributed by atoms with van der Waals surface area (Å²) in [5, 5.41) is 6.47. The van der Waals surface area contributed by atoms with Gasteiger partial charge in [-0.1, -0.05) is 20.3 Å². The van der Waals surface area contributed by atoms with Gasteiger partial charge in [-0.25, -0.2) is 14.0 Å². The molecule has 0 saturated heterocycles. The second-order valence-electron chi connectivity index (χ2n) is 5.79. The van der Waals surface area contributed by atoms with Gasteiger partial charge in [0.15, 0.2) is 0 Å². The van der Waals surface area contributed by atoms with Crippen molar-refractivity contribution in [2.24, 2.45) is 5.92 Å². The lowest BCUT2D eigenvalue weighted by atomic mass is 9.99. The number of hydrogen-bond acceptors (Lipinski definition) is 6. The van der Waals surface area contributed by atoms with Gasteiger partial charge >= 0.3 is 11.7 Å². The van der Waals surface area contributed by atoms with E-state index in [4.69, 9.17) is 9.15 Å². The molecular weight excluding hydrogens is 345 g/mol. The van der Waals surface area contributed by atoms with Crippen LogP contribution < -0.4 is 11.1 Å². The van der Waals surface area contributed by atoms with Gasteiger partial charge in [-0.05, 0) is 30.2 Å². The van der Waals surface area contributed by atoms with Crippen molar-refractivity contribution in [3.63, 3.8) is 0 Å². The SMILES string of the molecule is CCC(C)C(NC(=O)Cn1nc(-c2ccc(F)cc2)oc1=O)C(=O)OC. The number of amides is 1. The van der Waals surface area contributed by atoms with Crippen molar-refractivity contribution >= 4 is 11.9 Å². The summed E-state index contributed by atoms with van der Waals surface area (Å²) in [5.41, 5.74) is 0.398. The highest BCUT2D eigenvalue weighted by Crippen LogP contribution is 2.15. The number of methoxy groups -OCH3 is 1. The minimum absolute atomic E-state index is 0.0331. The van der Waals surface area contributed by atoms with E-state index in [9.17, 15) is 18.8 Å². The van der Waals surface area contributed by atoms with Crippen LogP contribution in [0.3, 0.4) is 0 Å². The van der Waals surface area contributed by atoms with Crippen LogP contribution in [0.2, 0.25) is 0 Å². The Kier molecular flexibility index (Phi) is 6.26. The van der Waals surface area contributed by atoms with Crippen LogP contribution >= 0.6 is 0 Å². The molecule has 0 fully saturated rings. The molecular formula is C17H20FN3O5. The maximum absolute atomic E-state index is 13.0. The van der Waals surface area contributed by atoms with Gasteiger partial charge in [-0.3, -0.25) is 4.79 Å². The molecule has 0 spiro atoms. The summed E-state index contributed by atoms with van der Waals surface area (Å²) in [5.74, 6) is -2.59. The van der Waals surface area contributed by atoms with Crippen molar-refractivity contribution in [3.05, 3.63) is 40.6 Å². The predicted molar refractivity (Wildman–Crippen MR) is 89.6 cm³/mol. The van der Waals surface area contributed by atoms with E-state index in [1.165, 1.54) is 31.4 Å². The molecule has 0 aliphatic heterocycles. The first kappa shape index (κ1) is 19.4. The molecule has 1 heterocycles. The molecule has 2 aromatic rings. The number of carbonyl (C=O) groups is 2. The number of aromatic nitrogens is 2. The van der Waals surface area contributed by atoms with E-state index in [2.05, 4.69) is 10.4 Å². The van der Waals surface area contributed by atoms with Crippen molar-refractivity contribution < 1.29 is 23.1 Å². The molecule has 0 aliphatic rings. The van der Waals surface area contributed by atoms with E-state index >= 15 is 0 Å². The topological polar surface area (TPSA) is 103 Å². The summed E-state index contributed by atoms with van der Waals surface area (Å²) in [6.45, 7) is 3.26. The number of hydrogen-bond donors (Lipinski definition) is 1. The van der Waals surface area contributed by atoms with E-state index < -0.39 is 36.0 Å². The van der Waals surface area contributed by atoms with Crippen LogP contribution in [-0.4, -0.2) is 34.8 Å². The maximum Gasteiger partial charge on any atom is 0.437 e. The van der Waals surface area contributed by atoms with Crippen LogP contribution in [0, 0.1) is 11.7 Å². The summed E-state index contributed by atoms with van der Waals surface area (Å²) < 4.78 is 23.5. The number of nitrogens with one attached hydrogen (secondary N) is 1. The van der Waals surface area contributed by atoms with Crippen molar-refractivity contribution in [2.45, 2.75) is 32.9 Å². The number of rotatable bonds is 7. The fourth-order valence-corrected chi connectivity index (χ4v) is 2.27. The minimum Gasteiger partial charge on any atom is -0.467 e. The number of nitrogens with zero attached hydrogens (tertiary/aromatic N) is 2. The van der Waals surface area contributed by atoms with Crippen molar-refractivity contribution in [3.8, 4) is 11.5 Å². The molecule has 0 bridgehead atoms. The van der Waals surface area contributed by atoms with E-state index in [1.807, 2.05) is 6.92 Å². The fraction of sp³-hybridized carbons (Fsp3) is 0.412. The number of benzene rings is 1. The van der Waals surface area contributed by atoms with Gasteiger partial charge < -0.3 is 14.5 Å². The molecule has 1 N–H and O–H groups in total. The van der Waals surface area contributed by atoms with Gasteiger partial charge in [0, 0.05) is 5.56 Å². The Bertz CT molecular complexity index is 828. The van der Waals surface area contributed by atoms with Gasteiger partial charge in [0.2, 0.25) is 11.8 Å². The van der Waals surface area contributed by atoms with Gasteiger partial charge in [-0.15, -0.1) is 5.10 Å². The highest BCUT2D eigenvalue weighted by atomic mass is 19.1. The van der Waals surface area contributed by atoms with Crippen LogP contribution in [0.5, 0.6) is 0 Å². The number of halogens is 1. The third-order valence-electron chi connectivity index (χ3n) is 3.98. The van der Waals surface area contributed by atoms with Crippen LogP contribution in [0.25, 0.3) is 11.5 Å². The average Bonchev–Trinajstić information content (AvgIpc) is 2.99. The lowest BCUT2D eigenvalue weighted by molar-refractivity contribution is -0.146. The molecule has 2 atom stereocenters. The van der Waals surface area contributed by atoms with Gasteiger partial charge in [0.25, 0.3) is 0 Å². The Morgan fingerprint density at radius 2 is 2.00 bits per heavy atom. The summed E-state index contributed by atoms with van der Waals surface area (Å²) in [7, 11) is 1.24. The van der Waals surface area contributed by atoms with Crippen molar-refractivity contribution in [2.75, 3.05) is 7.11 Å². The Morgan fingerprint density at radius 3 is 2.58 bits per heavy atom. The second kappa shape index (κ2) is 8.41. The standard InChI is InChI=1S/C17H20FN3O5/c1-4-10(2)14(16(23)25-3)19-13(22)9-21-17(24)26-15(20-21)11-5-7-12(18)8-6-11/h5-8,10,14H,4,9H2,1-3H3,(H,19,22). The highest BCUT2D eigenvalue weighted by Gasteiger charge is 2.27. The maximum atomic E-state index is 13.0. The molecule has 0 aliphatic carbocycles. The molecule has 2 unspecified atom stereocenters. The number of esters is 1.